The summed E-state index contributed by atoms with van der Waals surface area (Å²) in [6.07, 6.45) is -11.4. The molecular weight excluding hydrogens is 472 g/mol. The van der Waals surface area contributed by atoms with Crippen LogP contribution in [0.4, 0.5) is 0 Å². The molecule has 12 N–H and O–H groups in total. The highest BCUT2D eigenvalue weighted by Crippen LogP contribution is 2.15. The van der Waals surface area contributed by atoms with E-state index >= 15 is 0 Å². The summed E-state index contributed by atoms with van der Waals surface area (Å²) in [5.41, 5.74) is -2.74. The molecule has 0 amide bonds. The van der Waals surface area contributed by atoms with Crippen molar-refractivity contribution in [2.45, 2.75) is 42.9 Å². The smallest absolute Gasteiger partial charge is 0.336 e. The second kappa shape index (κ2) is 15.0. The van der Waals surface area contributed by atoms with E-state index in [2.05, 4.69) is 0 Å². The van der Waals surface area contributed by atoms with E-state index in [1.165, 1.54) is 0 Å². The number of aliphatic hydroxyl groups is 5. The molecule has 0 aliphatic heterocycles. The standard InChI is InChI=1S/C6H8O7.2C4H6O6/c7-3(8)1-6(13,5(11)12)2-4(9)10;2*5-1(3(7)8)2(6)4(9)10/h13H,1-2H2,(H,7,8)(H,9,10)(H,11,12);2*1-2,5-6H,(H,7,8)(H,9,10). The van der Waals surface area contributed by atoms with E-state index in [0.29, 0.717) is 0 Å². The molecule has 0 aromatic carbocycles. The number of carboxylic acid groups (broad SMARTS) is 7. The van der Waals surface area contributed by atoms with Crippen molar-refractivity contribution >= 4 is 41.8 Å². The number of hydrogen-bond donors (Lipinski definition) is 12. The summed E-state index contributed by atoms with van der Waals surface area (Å²) >= 11 is 0. The Labute approximate surface area is 180 Å². The number of aliphatic carboxylic acids is 7. The van der Waals surface area contributed by atoms with E-state index < -0.39 is 84.6 Å². The molecule has 0 fully saturated rings. The molecule has 19 nitrogen and oxygen atoms in total. The van der Waals surface area contributed by atoms with Gasteiger partial charge in [-0.2, -0.15) is 0 Å². The molecular formula is C14H20O19. The lowest BCUT2D eigenvalue weighted by Crippen LogP contribution is -2.42. The van der Waals surface area contributed by atoms with E-state index in [1.54, 1.807) is 0 Å². The lowest BCUT2D eigenvalue weighted by Gasteiger charge is -2.18. The first-order valence-electron chi connectivity index (χ1n) is 7.74. The molecule has 0 saturated heterocycles. The summed E-state index contributed by atoms with van der Waals surface area (Å²) in [5, 5.41) is 98.9. The fraction of sp³-hybridized carbons (Fsp3) is 0.500. The molecule has 0 heterocycles. The van der Waals surface area contributed by atoms with Crippen molar-refractivity contribution in [3.63, 3.8) is 0 Å². The average Bonchev–Trinajstić information content (AvgIpc) is 2.64. The minimum Gasteiger partial charge on any atom is -0.481 e. The van der Waals surface area contributed by atoms with Gasteiger partial charge in [0.25, 0.3) is 0 Å². The number of aliphatic hydroxyl groups excluding tert-OH is 4. The van der Waals surface area contributed by atoms with Gasteiger partial charge in [-0.15, -0.1) is 0 Å². The minimum absolute atomic E-state index is 1.14. The topological polar surface area (TPSA) is 362 Å². The summed E-state index contributed by atoms with van der Waals surface area (Å²) in [6, 6.07) is 0. The van der Waals surface area contributed by atoms with Crippen LogP contribution in [0.2, 0.25) is 0 Å². The third-order valence-corrected chi connectivity index (χ3v) is 2.90. The van der Waals surface area contributed by atoms with Gasteiger partial charge in [0.1, 0.15) is 0 Å². The summed E-state index contributed by atoms with van der Waals surface area (Å²) in [7, 11) is 0. The Hall–Kier alpha value is -3.91. The van der Waals surface area contributed by atoms with Gasteiger partial charge in [-0.05, 0) is 0 Å². The Morgan fingerprint density at radius 3 is 0.758 bits per heavy atom. The number of carbonyl (C=O) groups is 7. The molecule has 19 heteroatoms. The van der Waals surface area contributed by atoms with Gasteiger partial charge in [-0.25, -0.2) is 24.0 Å². The fourth-order valence-electron chi connectivity index (χ4n) is 1.25. The molecule has 0 radical (unpaired) electrons. The number of hydrogen-bond acceptors (Lipinski definition) is 12. The van der Waals surface area contributed by atoms with Crippen LogP contribution in [0, 0.1) is 0 Å². The van der Waals surface area contributed by atoms with Crippen molar-refractivity contribution in [3.8, 4) is 0 Å². The summed E-state index contributed by atoms with van der Waals surface area (Å²) in [4.78, 5) is 69.6. The van der Waals surface area contributed by atoms with Gasteiger partial charge in [0, 0.05) is 0 Å². The van der Waals surface area contributed by atoms with E-state index in [0.717, 1.165) is 0 Å². The maximum Gasteiger partial charge on any atom is 0.336 e. The predicted octanol–water partition coefficient (Wildman–Crippen LogP) is -5.49. The average molecular weight is 492 g/mol. The van der Waals surface area contributed by atoms with E-state index in [1.807, 2.05) is 0 Å². The van der Waals surface area contributed by atoms with Gasteiger partial charge in [-0.3, -0.25) is 9.59 Å². The monoisotopic (exact) mass is 492 g/mol. The molecule has 0 rings (SSSR count). The highest BCUT2D eigenvalue weighted by Gasteiger charge is 2.40. The van der Waals surface area contributed by atoms with Crippen LogP contribution in [0.15, 0.2) is 0 Å². The lowest BCUT2D eigenvalue weighted by molar-refractivity contribution is -0.170. The Bertz CT molecular complexity index is 653. The lowest BCUT2D eigenvalue weighted by atomic mass is 9.96. The quantitative estimate of drug-likeness (QED) is 0.128. The maximum atomic E-state index is 10.3. The first-order valence-corrected chi connectivity index (χ1v) is 7.74. The normalized spacial score (nSPS) is 13.8. The second-order valence-corrected chi connectivity index (χ2v) is 5.61. The van der Waals surface area contributed by atoms with Gasteiger partial charge >= 0.3 is 41.8 Å². The van der Waals surface area contributed by atoms with Crippen molar-refractivity contribution in [1.29, 1.82) is 0 Å². The highest BCUT2D eigenvalue weighted by molar-refractivity contribution is 5.88. The molecule has 0 aromatic rings. The first kappa shape index (κ1) is 33.7. The zero-order chi connectivity index (χ0) is 27.3. The SMILES string of the molecule is O=C(O)C(O)C(O)C(=O)O.O=C(O)C(O)C(O)C(=O)O.O=C(O)CC(O)(CC(=O)O)C(=O)O. The molecule has 0 aliphatic carbocycles. The molecule has 33 heavy (non-hydrogen) atoms. The molecule has 0 bridgehead atoms. The molecule has 0 spiro atoms. The first-order chi connectivity index (χ1) is 14.7. The van der Waals surface area contributed by atoms with Crippen molar-refractivity contribution in [1.82, 2.24) is 0 Å². The molecule has 4 atom stereocenters. The number of carboxylic acids is 7. The van der Waals surface area contributed by atoms with Crippen LogP contribution in [-0.4, -0.2) is 133 Å². The van der Waals surface area contributed by atoms with E-state index in [-0.39, 0.29) is 0 Å². The van der Waals surface area contributed by atoms with E-state index in [9.17, 15) is 33.6 Å². The third kappa shape index (κ3) is 14.7. The Kier molecular flexibility index (Phi) is 15.3. The van der Waals surface area contributed by atoms with Crippen LogP contribution in [-0.2, 0) is 33.6 Å². The molecule has 0 aromatic heterocycles. The van der Waals surface area contributed by atoms with Crippen LogP contribution < -0.4 is 0 Å². The van der Waals surface area contributed by atoms with Crippen LogP contribution in [0.1, 0.15) is 12.8 Å². The minimum atomic E-state index is -2.74. The largest absolute Gasteiger partial charge is 0.481 e. The van der Waals surface area contributed by atoms with Gasteiger partial charge in [0.05, 0.1) is 12.8 Å². The zero-order valence-corrected chi connectivity index (χ0v) is 15.9. The van der Waals surface area contributed by atoms with Crippen molar-refractivity contribution in [3.05, 3.63) is 0 Å². The van der Waals surface area contributed by atoms with Gasteiger partial charge < -0.3 is 61.3 Å². The predicted molar refractivity (Wildman–Crippen MR) is 91.7 cm³/mol. The second-order valence-electron chi connectivity index (χ2n) is 5.61. The summed E-state index contributed by atoms with van der Waals surface area (Å²) < 4.78 is 0. The highest BCUT2D eigenvalue weighted by atomic mass is 16.4. The number of rotatable bonds is 11. The molecule has 0 aliphatic rings. The van der Waals surface area contributed by atoms with Gasteiger partial charge in [0.2, 0.25) is 0 Å². The molecule has 0 saturated carbocycles. The molecule has 190 valence electrons. The van der Waals surface area contributed by atoms with Gasteiger partial charge in [0.15, 0.2) is 30.0 Å². The van der Waals surface area contributed by atoms with Crippen LogP contribution in [0.25, 0.3) is 0 Å². The van der Waals surface area contributed by atoms with Gasteiger partial charge in [-0.1, -0.05) is 0 Å². The maximum absolute atomic E-state index is 10.3. The van der Waals surface area contributed by atoms with Crippen molar-refractivity contribution < 1.29 is 94.8 Å². The third-order valence-electron chi connectivity index (χ3n) is 2.90. The van der Waals surface area contributed by atoms with Crippen LogP contribution in [0.3, 0.4) is 0 Å². The molecule has 4 unspecified atom stereocenters. The Morgan fingerprint density at radius 1 is 0.485 bits per heavy atom. The Balaban J connectivity index is -0.000000415. The van der Waals surface area contributed by atoms with Crippen LogP contribution in [0.5, 0.6) is 0 Å². The van der Waals surface area contributed by atoms with Crippen LogP contribution >= 0.6 is 0 Å². The van der Waals surface area contributed by atoms with E-state index in [4.69, 9.17) is 61.3 Å². The zero-order valence-electron chi connectivity index (χ0n) is 15.9. The summed E-state index contributed by atoms with van der Waals surface area (Å²) in [5.74, 6) is -12.1. The van der Waals surface area contributed by atoms with Crippen molar-refractivity contribution in [2.75, 3.05) is 0 Å². The van der Waals surface area contributed by atoms with Crippen molar-refractivity contribution in [2.24, 2.45) is 0 Å². The fourth-order valence-corrected chi connectivity index (χ4v) is 1.25. The Morgan fingerprint density at radius 2 is 0.667 bits per heavy atom. The summed E-state index contributed by atoms with van der Waals surface area (Å²) in [6.45, 7) is 0.